The van der Waals surface area contributed by atoms with E-state index >= 15 is 0 Å². The Bertz CT molecular complexity index is 773. The lowest BCUT2D eigenvalue weighted by atomic mass is 9.87. The SMILES string of the molecule is CC(=O)NCCCS(=O)(=O)OCC(C)(C)[C@@H](O)C(=O)OC(OC(=O)CC(C)C)C1CCCCC1. The molecule has 1 aliphatic rings. The minimum atomic E-state index is -3.92. The molecule has 1 unspecified atom stereocenters. The second kappa shape index (κ2) is 14.0. The molecule has 0 saturated heterocycles. The molecule has 2 N–H and O–H groups in total. The van der Waals surface area contributed by atoms with Crippen molar-refractivity contribution in [2.75, 3.05) is 18.9 Å². The highest BCUT2D eigenvalue weighted by Crippen LogP contribution is 2.31. The van der Waals surface area contributed by atoms with Crippen LogP contribution >= 0.6 is 0 Å². The van der Waals surface area contributed by atoms with Crippen LogP contribution in [0, 0.1) is 17.3 Å². The van der Waals surface area contributed by atoms with Gasteiger partial charge in [0.15, 0.2) is 6.10 Å². The van der Waals surface area contributed by atoms with E-state index in [1.54, 1.807) is 0 Å². The smallest absolute Gasteiger partial charge is 0.338 e. The first kappa shape index (κ1) is 30.3. The number of amides is 1. The topological polar surface area (TPSA) is 145 Å². The predicted molar refractivity (Wildman–Crippen MR) is 125 cm³/mol. The number of carbonyl (C=O) groups is 3. The normalized spacial score (nSPS) is 17.1. The molecule has 0 aromatic rings. The third-order valence-corrected chi connectivity index (χ3v) is 6.87. The standard InChI is InChI=1S/C23H41NO9S/c1-16(2)14-19(26)32-22(18-10-7-6-8-11-18)33-21(28)20(27)23(4,5)15-31-34(29,30)13-9-12-24-17(3)25/h16,18,20,22,27H,6-15H2,1-5H3,(H,24,25)/t20-,22?/m0/s1. The molecule has 1 amide bonds. The first-order chi connectivity index (χ1) is 15.7. The Balaban J connectivity index is 2.72. The van der Waals surface area contributed by atoms with Gasteiger partial charge in [0.2, 0.25) is 12.2 Å². The van der Waals surface area contributed by atoms with Crippen molar-refractivity contribution in [2.45, 2.75) is 92.0 Å². The summed E-state index contributed by atoms with van der Waals surface area (Å²) in [5, 5.41) is 13.1. The maximum atomic E-state index is 12.7. The third-order valence-electron chi connectivity index (χ3n) is 5.61. The number of carbonyl (C=O) groups excluding carboxylic acids is 3. The minimum absolute atomic E-state index is 0.0806. The first-order valence-corrected chi connectivity index (χ1v) is 13.5. The molecule has 1 rings (SSSR count). The highest BCUT2D eigenvalue weighted by atomic mass is 32.2. The molecule has 10 nitrogen and oxygen atoms in total. The van der Waals surface area contributed by atoms with Crippen molar-refractivity contribution in [1.82, 2.24) is 5.32 Å². The minimum Gasteiger partial charge on any atom is -0.425 e. The van der Waals surface area contributed by atoms with Gasteiger partial charge in [0.25, 0.3) is 10.1 Å². The second-order valence-electron chi connectivity index (χ2n) is 10.0. The Morgan fingerprint density at radius 2 is 1.71 bits per heavy atom. The van der Waals surface area contributed by atoms with Crippen LogP contribution in [0.5, 0.6) is 0 Å². The summed E-state index contributed by atoms with van der Waals surface area (Å²) < 4.78 is 40.2. The van der Waals surface area contributed by atoms with Gasteiger partial charge < -0.3 is 19.9 Å². The van der Waals surface area contributed by atoms with Gasteiger partial charge in [-0.15, -0.1) is 0 Å². The van der Waals surface area contributed by atoms with Crippen LogP contribution in [0.3, 0.4) is 0 Å². The zero-order valence-corrected chi connectivity index (χ0v) is 21.8. The van der Waals surface area contributed by atoms with E-state index in [4.69, 9.17) is 13.7 Å². The van der Waals surface area contributed by atoms with Crippen molar-refractivity contribution >= 4 is 28.0 Å². The van der Waals surface area contributed by atoms with E-state index in [9.17, 15) is 27.9 Å². The molecule has 2 atom stereocenters. The molecule has 0 aromatic carbocycles. The molecule has 0 spiro atoms. The molecular weight excluding hydrogens is 466 g/mol. The predicted octanol–water partition coefficient (Wildman–Crippen LogP) is 2.28. The van der Waals surface area contributed by atoms with Crippen molar-refractivity contribution in [3.05, 3.63) is 0 Å². The Morgan fingerprint density at radius 1 is 1.09 bits per heavy atom. The van der Waals surface area contributed by atoms with Crippen LogP contribution in [-0.2, 0) is 38.2 Å². The first-order valence-electron chi connectivity index (χ1n) is 11.9. The van der Waals surface area contributed by atoms with E-state index in [2.05, 4.69) is 5.32 Å². The van der Waals surface area contributed by atoms with Gasteiger partial charge in [0.05, 0.1) is 12.4 Å². The second-order valence-corrected chi connectivity index (χ2v) is 11.8. The lowest BCUT2D eigenvalue weighted by Crippen LogP contribution is -2.44. The number of aliphatic hydroxyl groups excluding tert-OH is 1. The van der Waals surface area contributed by atoms with Crippen molar-refractivity contribution in [3.8, 4) is 0 Å². The zero-order valence-electron chi connectivity index (χ0n) is 21.0. The van der Waals surface area contributed by atoms with Crippen LogP contribution < -0.4 is 5.32 Å². The summed E-state index contributed by atoms with van der Waals surface area (Å²) in [7, 11) is -3.92. The number of esters is 2. The highest BCUT2D eigenvalue weighted by molar-refractivity contribution is 7.86. The number of nitrogens with one attached hydrogen (secondary N) is 1. The van der Waals surface area contributed by atoms with Gasteiger partial charge in [-0.1, -0.05) is 47.0 Å². The molecule has 1 aliphatic carbocycles. The fourth-order valence-electron chi connectivity index (χ4n) is 3.52. The Kier molecular flexibility index (Phi) is 12.5. The summed E-state index contributed by atoms with van der Waals surface area (Å²) in [4.78, 5) is 35.8. The number of rotatable bonds is 14. The average molecular weight is 508 g/mol. The molecule has 0 aliphatic heterocycles. The van der Waals surface area contributed by atoms with E-state index in [-0.39, 0.29) is 42.9 Å². The van der Waals surface area contributed by atoms with Crippen molar-refractivity contribution < 1.29 is 41.6 Å². The molecule has 34 heavy (non-hydrogen) atoms. The maximum Gasteiger partial charge on any atom is 0.338 e. The maximum absolute atomic E-state index is 12.7. The van der Waals surface area contributed by atoms with E-state index in [0.717, 1.165) is 32.1 Å². The monoisotopic (exact) mass is 507 g/mol. The van der Waals surface area contributed by atoms with Gasteiger partial charge in [0.1, 0.15) is 0 Å². The summed E-state index contributed by atoms with van der Waals surface area (Å²) in [5.41, 5.74) is -1.29. The number of hydrogen-bond acceptors (Lipinski definition) is 9. The summed E-state index contributed by atoms with van der Waals surface area (Å²) in [6.07, 6.45) is 1.96. The molecule has 11 heteroatoms. The van der Waals surface area contributed by atoms with Gasteiger partial charge >= 0.3 is 11.9 Å². The van der Waals surface area contributed by atoms with Crippen LogP contribution in [0.4, 0.5) is 0 Å². The summed E-state index contributed by atoms with van der Waals surface area (Å²) in [6, 6.07) is 0. The quantitative estimate of drug-likeness (QED) is 0.156. The summed E-state index contributed by atoms with van der Waals surface area (Å²) >= 11 is 0. The van der Waals surface area contributed by atoms with E-state index < -0.39 is 46.5 Å². The van der Waals surface area contributed by atoms with Crippen LogP contribution in [0.2, 0.25) is 0 Å². The summed E-state index contributed by atoms with van der Waals surface area (Å²) in [5.74, 6) is -2.12. The molecular formula is C23H41NO9S. The summed E-state index contributed by atoms with van der Waals surface area (Å²) in [6.45, 7) is 7.78. The third kappa shape index (κ3) is 11.6. The fourth-order valence-corrected chi connectivity index (χ4v) is 4.62. The number of ether oxygens (including phenoxy) is 2. The zero-order chi connectivity index (χ0) is 25.9. The molecule has 0 aromatic heterocycles. The molecule has 0 radical (unpaired) electrons. The van der Waals surface area contributed by atoms with E-state index in [1.165, 1.54) is 20.8 Å². The molecule has 198 valence electrons. The van der Waals surface area contributed by atoms with Crippen molar-refractivity contribution in [3.63, 3.8) is 0 Å². The van der Waals surface area contributed by atoms with Gasteiger partial charge in [-0.25, -0.2) is 4.79 Å². The van der Waals surface area contributed by atoms with Crippen LogP contribution in [0.1, 0.15) is 79.6 Å². The van der Waals surface area contributed by atoms with Crippen LogP contribution in [-0.4, -0.2) is 62.7 Å². The van der Waals surface area contributed by atoms with Crippen molar-refractivity contribution in [1.29, 1.82) is 0 Å². The van der Waals surface area contributed by atoms with Crippen LogP contribution in [0.25, 0.3) is 0 Å². The Hall–Kier alpha value is -1.72. The molecule has 1 fully saturated rings. The van der Waals surface area contributed by atoms with Gasteiger partial charge in [-0.05, 0) is 25.2 Å². The lowest BCUT2D eigenvalue weighted by molar-refractivity contribution is -0.210. The Labute approximate surface area is 203 Å². The van der Waals surface area contributed by atoms with Gasteiger partial charge in [-0.2, -0.15) is 8.42 Å². The highest BCUT2D eigenvalue weighted by Gasteiger charge is 2.39. The molecule has 0 heterocycles. The Morgan fingerprint density at radius 3 is 2.26 bits per heavy atom. The average Bonchev–Trinajstić information content (AvgIpc) is 2.74. The number of aliphatic hydroxyl groups is 1. The van der Waals surface area contributed by atoms with Gasteiger partial charge in [-0.3, -0.25) is 13.8 Å². The number of hydrogen-bond donors (Lipinski definition) is 2. The fraction of sp³-hybridized carbons (Fsp3) is 0.870. The van der Waals surface area contributed by atoms with Gasteiger partial charge in [0, 0.05) is 31.2 Å². The molecule has 0 bridgehead atoms. The lowest BCUT2D eigenvalue weighted by Gasteiger charge is -2.33. The van der Waals surface area contributed by atoms with E-state index in [0.29, 0.717) is 0 Å². The van der Waals surface area contributed by atoms with Crippen molar-refractivity contribution in [2.24, 2.45) is 17.3 Å². The van der Waals surface area contributed by atoms with Crippen LogP contribution in [0.15, 0.2) is 0 Å². The van der Waals surface area contributed by atoms with E-state index in [1.807, 2.05) is 13.8 Å². The molecule has 1 saturated carbocycles. The largest absolute Gasteiger partial charge is 0.425 e.